The van der Waals surface area contributed by atoms with Gasteiger partial charge in [-0.2, -0.15) is 15.1 Å². The maximum atomic E-state index is 13.8. The van der Waals surface area contributed by atoms with Gasteiger partial charge in [0.2, 0.25) is 0 Å². The molecular weight excluding hydrogens is 555 g/mol. The summed E-state index contributed by atoms with van der Waals surface area (Å²) in [5.41, 5.74) is 6.61. The molecule has 15 heteroatoms. The number of rotatable bonds is 15. The molecule has 2 unspecified atom stereocenters. The van der Waals surface area contributed by atoms with Crippen LogP contribution in [0.3, 0.4) is 0 Å². The molecule has 0 saturated carbocycles. The summed E-state index contributed by atoms with van der Waals surface area (Å²) in [7, 11) is -2.68. The molecule has 1 aromatic carbocycles. The summed E-state index contributed by atoms with van der Waals surface area (Å²) in [4.78, 5) is 25.1. The minimum Gasteiger partial charge on any atom is -0.467 e. The summed E-state index contributed by atoms with van der Waals surface area (Å²) in [6, 6.07) is 7.52. The molecule has 0 bridgehead atoms. The first kappa shape index (κ1) is 30.7. The van der Waals surface area contributed by atoms with E-state index in [0.717, 1.165) is 25.7 Å². The number of aliphatic hydroxyl groups excluding tert-OH is 1. The molecule has 2 aromatic heterocycles. The second kappa shape index (κ2) is 14.1. The normalized spacial score (nSPS) is 20.9. The van der Waals surface area contributed by atoms with Crippen LogP contribution in [0.2, 0.25) is 0 Å². The number of hydrogen-bond donors (Lipinski definition) is 3. The number of hydrogen-bond acceptors (Lipinski definition) is 12. The number of carbonyl (C=O) groups excluding carboxylic acids is 1. The van der Waals surface area contributed by atoms with Crippen LogP contribution in [0.25, 0.3) is 11.2 Å². The lowest BCUT2D eigenvalue weighted by Crippen LogP contribution is -2.35. The van der Waals surface area contributed by atoms with Crippen molar-refractivity contribution in [2.45, 2.75) is 70.4 Å². The number of ether oxygens (including phenoxy) is 3. The van der Waals surface area contributed by atoms with Crippen molar-refractivity contribution in [2.75, 3.05) is 26.1 Å². The number of fused-ring (bicyclic) bond motifs is 1. The number of aromatic nitrogens is 4. The minimum atomic E-state index is -4.09. The van der Waals surface area contributed by atoms with Gasteiger partial charge in [-0.15, -0.1) is 0 Å². The zero-order chi connectivity index (χ0) is 29.4. The summed E-state index contributed by atoms with van der Waals surface area (Å²) in [5.74, 6) is -0.167. The molecule has 4 N–H and O–H groups in total. The predicted molar refractivity (Wildman–Crippen MR) is 149 cm³/mol. The number of nitrogens with zero attached hydrogens (tertiary/aromatic N) is 4. The number of unbranched alkanes of at least 4 members (excludes halogenated alkanes) is 3. The van der Waals surface area contributed by atoms with E-state index in [9.17, 15) is 14.5 Å². The number of anilines is 1. The number of esters is 1. The van der Waals surface area contributed by atoms with Gasteiger partial charge < -0.3 is 29.6 Å². The average Bonchev–Trinajstić information content (AvgIpc) is 3.55. The molecule has 14 nitrogen and oxygen atoms in total. The number of imidazole rings is 1. The first-order valence-corrected chi connectivity index (χ1v) is 15.1. The van der Waals surface area contributed by atoms with Crippen molar-refractivity contribution in [3.05, 3.63) is 36.7 Å². The fourth-order valence-corrected chi connectivity index (χ4v) is 5.81. The lowest BCUT2D eigenvalue weighted by molar-refractivity contribution is -0.145. The summed E-state index contributed by atoms with van der Waals surface area (Å²) in [5, 5.41) is 13.5. The van der Waals surface area contributed by atoms with Crippen molar-refractivity contribution in [1.82, 2.24) is 24.6 Å². The fraction of sp³-hybridized carbons (Fsp3) is 0.538. The molecule has 1 fully saturated rings. The molecule has 3 aromatic rings. The van der Waals surface area contributed by atoms with Crippen LogP contribution in [0, 0.1) is 0 Å². The Bertz CT molecular complexity index is 1340. The molecule has 1 saturated heterocycles. The Morgan fingerprint density at radius 2 is 2.05 bits per heavy atom. The Kier molecular flexibility index (Phi) is 10.5. The Hall–Kier alpha value is -3.29. The third-order valence-corrected chi connectivity index (χ3v) is 8.04. The number of benzene rings is 1. The lowest BCUT2D eigenvalue weighted by atomic mass is 10.2. The number of nitrogens with one attached hydrogen (secondary N) is 1. The third-order valence-electron chi connectivity index (χ3n) is 6.40. The molecule has 0 radical (unpaired) electrons. The van der Waals surface area contributed by atoms with Gasteiger partial charge in [0, 0.05) is 6.42 Å². The molecule has 0 aliphatic carbocycles. The lowest BCUT2D eigenvalue weighted by Gasteiger charge is -2.24. The van der Waals surface area contributed by atoms with E-state index in [-0.39, 0.29) is 37.2 Å². The molecule has 5 atom stereocenters. The van der Waals surface area contributed by atoms with Crippen LogP contribution < -0.4 is 20.1 Å². The molecule has 3 heterocycles. The van der Waals surface area contributed by atoms with Crippen molar-refractivity contribution in [3.63, 3.8) is 0 Å². The molecule has 1 aliphatic heterocycles. The van der Waals surface area contributed by atoms with Gasteiger partial charge in [0.05, 0.1) is 32.8 Å². The van der Waals surface area contributed by atoms with Crippen LogP contribution in [0.15, 0.2) is 36.7 Å². The number of nitrogen functional groups attached to an aromatic ring is 1. The van der Waals surface area contributed by atoms with Crippen LogP contribution in [-0.4, -0.2) is 69.2 Å². The molecule has 1 aliphatic rings. The monoisotopic (exact) mass is 592 g/mol. The fourth-order valence-electron chi connectivity index (χ4n) is 4.29. The highest BCUT2D eigenvalue weighted by molar-refractivity contribution is 7.52. The van der Waals surface area contributed by atoms with Crippen LogP contribution in [-0.2, 0) is 23.4 Å². The highest BCUT2D eigenvalue weighted by atomic mass is 31.2. The maximum absolute atomic E-state index is 13.8. The van der Waals surface area contributed by atoms with Gasteiger partial charge in [-0.25, -0.2) is 9.55 Å². The molecule has 4 rings (SSSR count). The van der Waals surface area contributed by atoms with E-state index < -0.39 is 38.2 Å². The Morgan fingerprint density at radius 1 is 1.27 bits per heavy atom. The van der Waals surface area contributed by atoms with Crippen molar-refractivity contribution in [3.8, 4) is 11.8 Å². The van der Waals surface area contributed by atoms with Crippen molar-refractivity contribution < 1.29 is 37.7 Å². The molecule has 0 amide bonds. The second-order valence-corrected chi connectivity index (χ2v) is 11.3. The van der Waals surface area contributed by atoms with Gasteiger partial charge >= 0.3 is 19.7 Å². The highest BCUT2D eigenvalue weighted by Crippen LogP contribution is 2.46. The van der Waals surface area contributed by atoms with Gasteiger partial charge in [-0.3, -0.25) is 13.9 Å². The van der Waals surface area contributed by atoms with Gasteiger partial charge in [-0.1, -0.05) is 44.4 Å². The summed E-state index contributed by atoms with van der Waals surface area (Å²) >= 11 is 0. The van der Waals surface area contributed by atoms with Crippen LogP contribution in [0.1, 0.15) is 52.2 Å². The van der Waals surface area contributed by atoms with E-state index in [2.05, 4.69) is 27.0 Å². The summed E-state index contributed by atoms with van der Waals surface area (Å²) < 4.78 is 43.2. The van der Waals surface area contributed by atoms with Crippen molar-refractivity contribution >= 4 is 30.7 Å². The SMILES string of the molecule is CCCCCCOC(=O)[C@H](C)NP(=O)(OC[C@@H]1CC(O)[C@H](n2cnc3c(N)nc(OC)nc32)O1)Oc1ccccc1. The molecular formula is C26H37N6O8P. The Morgan fingerprint density at radius 3 is 2.78 bits per heavy atom. The molecule has 41 heavy (non-hydrogen) atoms. The van der Waals surface area contributed by atoms with E-state index in [4.69, 9.17) is 29.0 Å². The molecule has 224 valence electrons. The van der Waals surface area contributed by atoms with Crippen LogP contribution in [0.5, 0.6) is 11.8 Å². The topological polar surface area (TPSA) is 182 Å². The van der Waals surface area contributed by atoms with Gasteiger partial charge in [0.15, 0.2) is 23.2 Å². The second-order valence-electron chi connectivity index (χ2n) is 9.65. The van der Waals surface area contributed by atoms with E-state index in [0.29, 0.717) is 11.2 Å². The molecule has 0 spiro atoms. The van der Waals surface area contributed by atoms with Gasteiger partial charge in [0.25, 0.3) is 0 Å². The minimum absolute atomic E-state index is 0.0443. The number of methoxy groups -OCH3 is 1. The van der Waals surface area contributed by atoms with Gasteiger partial charge in [-0.05, 0) is 25.5 Å². The smallest absolute Gasteiger partial charge is 0.459 e. The Balaban J connectivity index is 1.42. The zero-order valence-corrected chi connectivity index (χ0v) is 24.2. The summed E-state index contributed by atoms with van der Waals surface area (Å²) in [6.45, 7) is 3.69. The summed E-state index contributed by atoms with van der Waals surface area (Å²) in [6.07, 6.45) is 2.92. The van der Waals surface area contributed by atoms with Crippen LogP contribution >= 0.6 is 7.75 Å². The van der Waals surface area contributed by atoms with Crippen molar-refractivity contribution in [2.24, 2.45) is 0 Å². The van der Waals surface area contributed by atoms with Crippen LogP contribution in [0.4, 0.5) is 5.82 Å². The largest absolute Gasteiger partial charge is 0.467 e. The number of carbonyl (C=O) groups is 1. The van der Waals surface area contributed by atoms with E-state index in [1.54, 1.807) is 30.3 Å². The van der Waals surface area contributed by atoms with E-state index >= 15 is 0 Å². The predicted octanol–water partition coefficient (Wildman–Crippen LogP) is 3.37. The number of aliphatic hydroxyl groups is 1. The number of para-hydroxylation sites is 1. The quantitative estimate of drug-likeness (QED) is 0.133. The highest BCUT2D eigenvalue weighted by Gasteiger charge is 2.39. The standard InChI is InChI=1S/C26H37N6O8P/c1-4-5-6-10-13-37-25(34)17(2)31-41(35,40-18-11-8-7-9-12-18)38-15-19-14-20(33)24(39-19)32-16-28-21-22(27)29-26(36-3)30-23(21)32/h7-9,11-12,16-17,19-20,24,33H,4-6,10,13-15H2,1-3H3,(H,31,35)(H2,27,29,30)/t17-,19-,20?,24+,41?/m0/s1. The van der Waals surface area contributed by atoms with E-state index in [1.807, 2.05) is 0 Å². The average molecular weight is 593 g/mol. The third kappa shape index (κ3) is 7.92. The first-order valence-electron chi connectivity index (χ1n) is 13.5. The van der Waals surface area contributed by atoms with Gasteiger partial charge in [0.1, 0.15) is 17.9 Å². The van der Waals surface area contributed by atoms with Crippen molar-refractivity contribution in [1.29, 1.82) is 0 Å². The maximum Gasteiger partial charge on any atom is 0.459 e. The first-order chi connectivity index (χ1) is 19.7. The van der Waals surface area contributed by atoms with E-state index in [1.165, 1.54) is 24.9 Å². The zero-order valence-electron chi connectivity index (χ0n) is 23.3. The Labute approximate surface area is 238 Å². The number of nitrogens with two attached hydrogens (primary N) is 1.